The van der Waals surface area contributed by atoms with E-state index in [2.05, 4.69) is 5.32 Å². The van der Waals surface area contributed by atoms with Crippen molar-refractivity contribution in [3.63, 3.8) is 0 Å². The summed E-state index contributed by atoms with van der Waals surface area (Å²) in [6.07, 6.45) is 0. The second-order valence-electron chi connectivity index (χ2n) is 5.80. The molecule has 6 nitrogen and oxygen atoms in total. The molecule has 0 unspecified atom stereocenters. The van der Waals surface area contributed by atoms with Crippen LogP contribution in [0.5, 0.6) is 5.75 Å². The maximum absolute atomic E-state index is 12.3. The molecule has 2 aromatic rings. The first-order chi connectivity index (χ1) is 12.2. The molecule has 8 heteroatoms. The minimum absolute atomic E-state index is 0.00760. The first kappa shape index (κ1) is 20.2. The van der Waals surface area contributed by atoms with Gasteiger partial charge < -0.3 is 10.1 Å². The van der Waals surface area contributed by atoms with E-state index in [1.807, 2.05) is 31.2 Å². The fourth-order valence-electron chi connectivity index (χ4n) is 2.19. The third kappa shape index (κ3) is 4.75. The highest BCUT2D eigenvalue weighted by molar-refractivity contribution is 7.89. The summed E-state index contributed by atoms with van der Waals surface area (Å²) < 4.78 is 31.1. The van der Waals surface area contributed by atoms with E-state index in [9.17, 15) is 13.2 Å². The van der Waals surface area contributed by atoms with E-state index in [1.165, 1.54) is 32.3 Å². The number of aryl methyl sites for hydroxylation is 1. The number of nitrogens with zero attached hydrogens (tertiary/aromatic N) is 1. The summed E-state index contributed by atoms with van der Waals surface area (Å²) in [6.45, 7) is 2.47. The Labute approximate surface area is 158 Å². The summed E-state index contributed by atoms with van der Waals surface area (Å²) in [5, 5.41) is 2.86. The van der Waals surface area contributed by atoms with Gasteiger partial charge in [-0.1, -0.05) is 29.8 Å². The van der Waals surface area contributed by atoms with Crippen LogP contribution < -0.4 is 10.1 Å². The zero-order valence-electron chi connectivity index (χ0n) is 14.8. The van der Waals surface area contributed by atoms with Gasteiger partial charge in [0.15, 0.2) is 0 Å². The Morgan fingerprint density at radius 3 is 2.54 bits per heavy atom. The molecule has 1 amide bonds. The summed E-state index contributed by atoms with van der Waals surface area (Å²) in [6, 6.07) is 11.6. The van der Waals surface area contributed by atoms with Gasteiger partial charge in [-0.05, 0) is 36.8 Å². The summed E-state index contributed by atoms with van der Waals surface area (Å²) in [5.41, 5.74) is 1.11. The van der Waals surface area contributed by atoms with Crippen molar-refractivity contribution in [1.29, 1.82) is 0 Å². The SMILES string of the molecule is Cc1ccccc1OCCNC(=O)c1cc(S(=O)(=O)N(C)C)ccc1Cl. The van der Waals surface area contributed by atoms with Crippen molar-refractivity contribution in [3.05, 3.63) is 58.6 Å². The summed E-state index contributed by atoms with van der Waals surface area (Å²) in [4.78, 5) is 12.3. The van der Waals surface area contributed by atoms with Gasteiger partial charge >= 0.3 is 0 Å². The first-order valence-corrected chi connectivity index (χ1v) is 9.74. The highest BCUT2D eigenvalue weighted by Crippen LogP contribution is 2.22. The number of carbonyl (C=O) groups is 1. The standard InChI is InChI=1S/C18H21ClN2O4S/c1-13-6-4-5-7-17(13)25-11-10-20-18(22)15-12-14(8-9-16(15)19)26(23,24)21(2)3/h4-9,12H,10-11H2,1-3H3,(H,20,22). The van der Waals surface area contributed by atoms with Crippen molar-refractivity contribution in [1.82, 2.24) is 9.62 Å². The Balaban J connectivity index is 2.02. The average Bonchev–Trinajstić information content (AvgIpc) is 2.60. The monoisotopic (exact) mass is 396 g/mol. The highest BCUT2D eigenvalue weighted by Gasteiger charge is 2.20. The molecule has 0 aliphatic rings. The van der Waals surface area contributed by atoms with Gasteiger partial charge in [0.05, 0.1) is 22.0 Å². The lowest BCUT2D eigenvalue weighted by Crippen LogP contribution is -2.29. The molecule has 1 N–H and O–H groups in total. The molecule has 0 radical (unpaired) electrons. The predicted octanol–water partition coefficient (Wildman–Crippen LogP) is 2.71. The van der Waals surface area contributed by atoms with Gasteiger partial charge in [0.2, 0.25) is 10.0 Å². The molecular formula is C18H21ClN2O4S. The number of hydrogen-bond donors (Lipinski definition) is 1. The zero-order valence-corrected chi connectivity index (χ0v) is 16.4. The third-order valence-corrected chi connectivity index (χ3v) is 5.84. The van der Waals surface area contributed by atoms with Gasteiger partial charge in [0.1, 0.15) is 12.4 Å². The number of hydrogen-bond acceptors (Lipinski definition) is 4. The lowest BCUT2D eigenvalue weighted by Gasteiger charge is -2.13. The Morgan fingerprint density at radius 1 is 1.19 bits per heavy atom. The molecule has 26 heavy (non-hydrogen) atoms. The van der Waals surface area contributed by atoms with Crippen LogP contribution in [-0.4, -0.2) is 45.9 Å². The van der Waals surface area contributed by atoms with Crippen LogP contribution >= 0.6 is 11.6 Å². The smallest absolute Gasteiger partial charge is 0.252 e. The summed E-state index contributed by atoms with van der Waals surface area (Å²) in [5.74, 6) is 0.290. The number of nitrogens with one attached hydrogen (secondary N) is 1. The Bertz CT molecular complexity index is 898. The van der Waals surface area contributed by atoms with Crippen molar-refractivity contribution in [2.75, 3.05) is 27.2 Å². The first-order valence-electron chi connectivity index (χ1n) is 7.92. The summed E-state index contributed by atoms with van der Waals surface area (Å²) >= 11 is 6.05. The lowest BCUT2D eigenvalue weighted by molar-refractivity contribution is 0.0947. The highest BCUT2D eigenvalue weighted by atomic mass is 35.5. The average molecular weight is 397 g/mol. The molecule has 0 bridgehead atoms. The second kappa shape index (κ2) is 8.53. The van der Waals surface area contributed by atoms with E-state index in [4.69, 9.17) is 16.3 Å². The fraction of sp³-hybridized carbons (Fsp3) is 0.278. The number of ether oxygens (including phenoxy) is 1. The van der Waals surface area contributed by atoms with E-state index in [-0.39, 0.29) is 28.6 Å². The molecule has 0 spiro atoms. The van der Waals surface area contributed by atoms with Crippen LogP contribution in [0.1, 0.15) is 15.9 Å². The molecule has 0 fully saturated rings. The van der Waals surface area contributed by atoms with Gasteiger partial charge in [-0.3, -0.25) is 4.79 Å². The molecule has 2 rings (SSSR count). The quantitative estimate of drug-likeness (QED) is 0.730. The number of carbonyl (C=O) groups excluding carboxylic acids is 1. The van der Waals surface area contributed by atoms with Crippen LogP contribution in [0.2, 0.25) is 5.02 Å². The van der Waals surface area contributed by atoms with Crippen LogP contribution in [0, 0.1) is 6.92 Å². The number of para-hydroxylation sites is 1. The van der Waals surface area contributed by atoms with Crippen molar-refractivity contribution < 1.29 is 17.9 Å². The van der Waals surface area contributed by atoms with Gasteiger partial charge in [-0.2, -0.15) is 0 Å². The molecule has 0 aromatic heterocycles. The van der Waals surface area contributed by atoms with Crippen molar-refractivity contribution in [3.8, 4) is 5.75 Å². The minimum Gasteiger partial charge on any atom is -0.491 e. The molecule has 0 saturated heterocycles. The normalized spacial score (nSPS) is 11.4. The van der Waals surface area contributed by atoms with E-state index >= 15 is 0 Å². The van der Waals surface area contributed by atoms with E-state index in [0.29, 0.717) is 0 Å². The Kier molecular flexibility index (Phi) is 6.63. The molecule has 0 atom stereocenters. The number of sulfonamides is 1. The molecule has 140 valence electrons. The Hall–Kier alpha value is -2.09. The molecule has 0 heterocycles. The molecule has 0 saturated carbocycles. The van der Waals surface area contributed by atoms with Gasteiger partial charge in [-0.25, -0.2) is 12.7 Å². The second-order valence-corrected chi connectivity index (χ2v) is 8.36. The van der Waals surface area contributed by atoms with Gasteiger partial charge in [0, 0.05) is 14.1 Å². The topological polar surface area (TPSA) is 75.7 Å². The third-order valence-electron chi connectivity index (χ3n) is 3.70. The van der Waals surface area contributed by atoms with E-state index < -0.39 is 15.9 Å². The van der Waals surface area contributed by atoms with E-state index in [0.717, 1.165) is 15.6 Å². The Morgan fingerprint density at radius 2 is 1.88 bits per heavy atom. The summed E-state index contributed by atoms with van der Waals surface area (Å²) in [7, 11) is -0.799. The maximum atomic E-state index is 12.3. The lowest BCUT2D eigenvalue weighted by atomic mass is 10.2. The van der Waals surface area contributed by atoms with Crippen LogP contribution in [0.15, 0.2) is 47.4 Å². The van der Waals surface area contributed by atoms with Crippen molar-refractivity contribution in [2.45, 2.75) is 11.8 Å². The van der Waals surface area contributed by atoms with Crippen LogP contribution in [0.4, 0.5) is 0 Å². The number of rotatable bonds is 7. The van der Waals surface area contributed by atoms with Gasteiger partial charge in [0.25, 0.3) is 5.91 Å². The van der Waals surface area contributed by atoms with Gasteiger partial charge in [-0.15, -0.1) is 0 Å². The van der Waals surface area contributed by atoms with E-state index in [1.54, 1.807) is 0 Å². The van der Waals surface area contributed by atoms with Crippen molar-refractivity contribution >= 4 is 27.5 Å². The molecule has 0 aliphatic heterocycles. The molecular weight excluding hydrogens is 376 g/mol. The molecule has 2 aromatic carbocycles. The number of benzene rings is 2. The van der Waals surface area contributed by atoms with Crippen LogP contribution in [-0.2, 0) is 10.0 Å². The van der Waals surface area contributed by atoms with Crippen molar-refractivity contribution in [2.24, 2.45) is 0 Å². The van der Waals surface area contributed by atoms with Crippen LogP contribution in [0.25, 0.3) is 0 Å². The zero-order chi connectivity index (χ0) is 19.3. The number of amides is 1. The predicted molar refractivity (Wildman–Crippen MR) is 101 cm³/mol. The fourth-order valence-corrected chi connectivity index (χ4v) is 3.32. The number of halogens is 1. The minimum atomic E-state index is -3.65. The maximum Gasteiger partial charge on any atom is 0.252 e. The largest absolute Gasteiger partial charge is 0.491 e. The van der Waals surface area contributed by atoms with Crippen LogP contribution in [0.3, 0.4) is 0 Å². The molecule has 0 aliphatic carbocycles.